The maximum atomic E-state index is 12.6. The summed E-state index contributed by atoms with van der Waals surface area (Å²) in [5, 5.41) is 6.09. The van der Waals surface area contributed by atoms with E-state index in [0.717, 1.165) is 49.5 Å². The number of amides is 2. The van der Waals surface area contributed by atoms with Gasteiger partial charge in [0.2, 0.25) is 0 Å². The van der Waals surface area contributed by atoms with Crippen LogP contribution in [0, 0.1) is 0 Å². The Hall–Kier alpha value is -1.89. The molecule has 1 saturated heterocycles. The summed E-state index contributed by atoms with van der Waals surface area (Å²) >= 11 is 1.62. The second-order valence-electron chi connectivity index (χ2n) is 6.18. The number of rotatable bonds is 6. The first kappa shape index (κ1) is 17.0. The number of imidazole rings is 1. The molecule has 0 bridgehead atoms. The van der Waals surface area contributed by atoms with Crippen LogP contribution < -0.4 is 5.32 Å². The molecule has 130 valence electrons. The Labute approximate surface area is 146 Å². The van der Waals surface area contributed by atoms with Crippen molar-refractivity contribution < 1.29 is 4.79 Å². The number of piperidine rings is 1. The lowest BCUT2D eigenvalue weighted by Crippen LogP contribution is -2.48. The summed E-state index contributed by atoms with van der Waals surface area (Å²) in [5.74, 6) is 0. The fourth-order valence-corrected chi connectivity index (χ4v) is 3.95. The van der Waals surface area contributed by atoms with E-state index in [2.05, 4.69) is 32.2 Å². The van der Waals surface area contributed by atoms with Crippen LogP contribution in [0.1, 0.15) is 43.3 Å². The molecular formula is C17H25N5OS. The Balaban J connectivity index is 1.52. The zero-order chi connectivity index (χ0) is 16.8. The van der Waals surface area contributed by atoms with Crippen LogP contribution in [0.25, 0.3) is 0 Å². The van der Waals surface area contributed by atoms with Gasteiger partial charge in [0, 0.05) is 36.9 Å². The number of aromatic nitrogens is 3. The van der Waals surface area contributed by atoms with E-state index in [1.54, 1.807) is 17.5 Å². The van der Waals surface area contributed by atoms with Crippen molar-refractivity contribution in [1.82, 2.24) is 24.8 Å². The van der Waals surface area contributed by atoms with E-state index in [0.29, 0.717) is 12.6 Å². The van der Waals surface area contributed by atoms with Crippen molar-refractivity contribution in [3.63, 3.8) is 0 Å². The zero-order valence-corrected chi connectivity index (χ0v) is 15.0. The first-order valence-electron chi connectivity index (χ1n) is 8.69. The minimum Gasteiger partial charge on any atom is -0.337 e. The van der Waals surface area contributed by atoms with Gasteiger partial charge in [0.25, 0.3) is 0 Å². The summed E-state index contributed by atoms with van der Waals surface area (Å²) in [6, 6.07) is 0.349. The molecule has 2 aromatic rings. The highest BCUT2D eigenvalue weighted by Gasteiger charge is 2.26. The van der Waals surface area contributed by atoms with E-state index in [-0.39, 0.29) is 6.03 Å². The molecule has 1 aliphatic heterocycles. The fraction of sp³-hybridized carbons (Fsp3) is 0.588. The number of carbonyl (C=O) groups excluding carboxylic acids is 1. The number of urea groups is 1. The average Bonchev–Trinajstić information content (AvgIpc) is 3.29. The third-order valence-electron chi connectivity index (χ3n) is 4.52. The summed E-state index contributed by atoms with van der Waals surface area (Å²) in [7, 11) is 0. The molecule has 1 fully saturated rings. The fourth-order valence-electron chi connectivity index (χ4n) is 3.13. The Morgan fingerprint density at radius 1 is 1.46 bits per heavy atom. The maximum absolute atomic E-state index is 12.6. The van der Waals surface area contributed by atoms with Crippen LogP contribution in [0.4, 0.5) is 4.79 Å². The highest BCUT2D eigenvalue weighted by molar-refractivity contribution is 7.09. The van der Waals surface area contributed by atoms with Gasteiger partial charge in [-0.05, 0) is 32.1 Å². The lowest BCUT2D eigenvalue weighted by molar-refractivity contribution is 0.143. The second-order valence-corrected chi connectivity index (χ2v) is 7.12. The standard InChI is InChI=1S/C17H25N5OS/c1-2-14-12-24-16(20-14)11-19-17(23)22-8-4-3-5-15(22)6-9-21-10-7-18-13-21/h7,10,12-13,15H,2-6,8-9,11H2,1H3,(H,19,23). The summed E-state index contributed by atoms with van der Waals surface area (Å²) in [6.07, 6.45) is 10.9. The van der Waals surface area contributed by atoms with Crippen LogP contribution in [-0.4, -0.2) is 38.1 Å². The number of thiazole rings is 1. The van der Waals surface area contributed by atoms with Gasteiger partial charge < -0.3 is 14.8 Å². The molecule has 3 heterocycles. The molecule has 0 radical (unpaired) electrons. The molecule has 6 nitrogen and oxygen atoms in total. The first-order chi connectivity index (χ1) is 11.8. The average molecular weight is 347 g/mol. The van der Waals surface area contributed by atoms with Crippen molar-refractivity contribution in [3.8, 4) is 0 Å². The minimum atomic E-state index is 0.0404. The van der Waals surface area contributed by atoms with Crippen LogP contribution in [0.3, 0.4) is 0 Å². The van der Waals surface area contributed by atoms with E-state index in [4.69, 9.17) is 0 Å². The summed E-state index contributed by atoms with van der Waals surface area (Å²) in [6.45, 7) is 4.36. The van der Waals surface area contributed by atoms with Gasteiger partial charge in [-0.15, -0.1) is 11.3 Å². The molecule has 1 atom stereocenters. The number of nitrogens with zero attached hydrogens (tertiary/aromatic N) is 4. The number of likely N-dealkylation sites (tertiary alicyclic amines) is 1. The van der Waals surface area contributed by atoms with E-state index in [1.807, 2.05) is 17.4 Å². The third-order valence-corrected chi connectivity index (χ3v) is 5.42. The van der Waals surface area contributed by atoms with Crippen molar-refractivity contribution in [2.45, 2.75) is 58.2 Å². The van der Waals surface area contributed by atoms with Crippen molar-refractivity contribution in [2.75, 3.05) is 6.54 Å². The summed E-state index contributed by atoms with van der Waals surface area (Å²) < 4.78 is 2.08. The molecule has 0 spiro atoms. The largest absolute Gasteiger partial charge is 0.337 e. The van der Waals surface area contributed by atoms with Gasteiger partial charge in [0.1, 0.15) is 5.01 Å². The molecule has 7 heteroatoms. The van der Waals surface area contributed by atoms with Crippen LogP contribution in [0.15, 0.2) is 24.1 Å². The van der Waals surface area contributed by atoms with E-state index < -0.39 is 0 Å². The van der Waals surface area contributed by atoms with Crippen molar-refractivity contribution >= 4 is 17.4 Å². The van der Waals surface area contributed by atoms with Crippen LogP contribution in [0.2, 0.25) is 0 Å². The van der Waals surface area contributed by atoms with Gasteiger partial charge in [0.05, 0.1) is 18.6 Å². The van der Waals surface area contributed by atoms with Crippen LogP contribution in [0.5, 0.6) is 0 Å². The highest BCUT2D eigenvalue weighted by Crippen LogP contribution is 2.20. The smallest absolute Gasteiger partial charge is 0.317 e. The van der Waals surface area contributed by atoms with E-state index in [9.17, 15) is 4.79 Å². The van der Waals surface area contributed by atoms with Crippen molar-refractivity contribution in [2.24, 2.45) is 0 Å². The predicted octanol–water partition coefficient (Wildman–Crippen LogP) is 3.06. The lowest BCUT2D eigenvalue weighted by atomic mass is 10.00. The van der Waals surface area contributed by atoms with Crippen LogP contribution >= 0.6 is 11.3 Å². The van der Waals surface area contributed by atoms with E-state index in [1.165, 1.54) is 6.42 Å². The molecule has 0 saturated carbocycles. The van der Waals surface area contributed by atoms with Crippen LogP contribution in [-0.2, 0) is 19.5 Å². The Bertz CT molecular complexity index is 639. The third kappa shape index (κ3) is 4.35. The summed E-state index contributed by atoms with van der Waals surface area (Å²) in [4.78, 5) is 23.2. The summed E-state index contributed by atoms with van der Waals surface area (Å²) in [5.41, 5.74) is 1.10. The van der Waals surface area contributed by atoms with Gasteiger partial charge >= 0.3 is 6.03 Å². The number of aryl methyl sites for hydroxylation is 2. The molecule has 24 heavy (non-hydrogen) atoms. The molecule has 1 N–H and O–H groups in total. The molecule has 3 rings (SSSR count). The number of hydrogen-bond donors (Lipinski definition) is 1. The second kappa shape index (κ2) is 8.28. The van der Waals surface area contributed by atoms with Gasteiger partial charge in [-0.3, -0.25) is 0 Å². The molecular weight excluding hydrogens is 322 g/mol. The number of carbonyl (C=O) groups is 1. The minimum absolute atomic E-state index is 0.0404. The van der Waals surface area contributed by atoms with Gasteiger partial charge in [-0.25, -0.2) is 14.8 Å². The van der Waals surface area contributed by atoms with Gasteiger partial charge in [0.15, 0.2) is 0 Å². The van der Waals surface area contributed by atoms with Crippen molar-refractivity contribution in [3.05, 3.63) is 34.8 Å². The normalized spacial score (nSPS) is 17.9. The topological polar surface area (TPSA) is 63.1 Å². The Morgan fingerprint density at radius 2 is 2.38 bits per heavy atom. The van der Waals surface area contributed by atoms with E-state index >= 15 is 0 Å². The lowest BCUT2D eigenvalue weighted by Gasteiger charge is -2.35. The number of hydrogen-bond acceptors (Lipinski definition) is 4. The Morgan fingerprint density at radius 3 is 3.12 bits per heavy atom. The SMILES string of the molecule is CCc1csc(CNC(=O)N2CCCCC2CCn2ccnc2)n1. The maximum Gasteiger partial charge on any atom is 0.317 e. The molecule has 0 aliphatic carbocycles. The van der Waals surface area contributed by atoms with Gasteiger partial charge in [-0.1, -0.05) is 6.92 Å². The van der Waals surface area contributed by atoms with Crippen molar-refractivity contribution in [1.29, 1.82) is 0 Å². The molecule has 2 aromatic heterocycles. The predicted molar refractivity (Wildman–Crippen MR) is 94.9 cm³/mol. The molecule has 1 aliphatic rings. The number of nitrogens with one attached hydrogen (secondary N) is 1. The Kier molecular flexibility index (Phi) is 5.85. The molecule has 1 unspecified atom stereocenters. The molecule has 0 aromatic carbocycles. The first-order valence-corrected chi connectivity index (χ1v) is 9.57. The highest BCUT2D eigenvalue weighted by atomic mass is 32.1. The zero-order valence-electron chi connectivity index (χ0n) is 14.1. The quantitative estimate of drug-likeness (QED) is 0.873. The molecule has 2 amide bonds. The monoisotopic (exact) mass is 347 g/mol. The van der Waals surface area contributed by atoms with Gasteiger partial charge in [-0.2, -0.15) is 0 Å².